The van der Waals surface area contributed by atoms with Crippen LogP contribution >= 0.6 is 0 Å². The van der Waals surface area contributed by atoms with Crippen molar-refractivity contribution in [2.24, 2.45) is 0 Å². The van der Waals surface area contributed by atoms with Crippen LogP contribution in [-0.2, 0) is 11.3 Å². The van der Waals surface area contributed by atoms with Gasteiger partial charge in [-0.1, -0.05) is 18.2 Å². The van der Waals surface area contributed by atoms with Crippen molar-refractivity contribution in [3.8, 4) is 5.75 Å². The molecule has 1 heterocycles. The zero-order valence-electron chi connectivity index (χ0n) is 12.5. The lowest BCUT2D eigenvalue weighted by Crippen LogP contribution is -2.31. The van der Waals surface area contributed by atoms with E-state index >= 15 is 0 Å². The van der Waals surface area contributed by atoms with Gasteiger partial charge in [0.2, 0.25) is 5.91 Å². The zero-order valence-corrected chi connectivity index (χ0v) is 12.5. The number of ether oxygens (including phenoxy) is 1. The molecule has 20 heavy (non-hydrogen) atoms. The van der Waals surface area contributed by atoms with Crippen molar-refractivity contribution < 1.29 is 9.53 Å². The van der Waals surface area contributed by atoms with Crippen LogP contribution in [0.5, 0.6) is 5.75 Å². The van der Waals surface area contributed by atoms with Crippen LogP contribution in [0, 0.1) is 0 Å². The summed E-state index contributed by atoms with van der Waals surface area (Å²) < 4.78 is 5.88. The second-order valence-electron chi connectivity index (χ2n) is 5.41. The Kier molecular flexibility index (Phi) is 5.41. The molecule has 0 fully saturated rings. The predicted molar refractivity (Wildman–Crippen MR) is 79.8 cm³/mol. The van der Waals surface area contributed by atoms with Gasteiger partial charge >= 0.3 is 0 Å². The van der Waals surface area contributed by atoms with Crippen LogP contribution < -0.4 is 4.74 Å². The number of rotatable bonds is 0. The molecule has 0 aromatic heterocycles. The summed E-state index contributed by atoms with van der Waals surface area (Å²) in [5, 5.41) is 0. The Bertz CT molecular complexity index is 448. The van der Waals surface area contributed by atoms with E-state index in [1.165, 1.54) is 0 Å². The number of carbonyl (C=O) groups excluding carboxylic acids is 1. The number of hydrogen-bond donors (Lipinski definition) is 0. The summed E-state index contributed by atoms with van der Waals surface area (Å²) in [5.74, 6) is 1.03. The van der Waals surface area contributed by atoms with E-state index in [1.54, 1.807) is 6.92 Å². The van der Waals surface area contributed by atoms with Gasteiger partial charge in [0.25, 0.3) is 0 Å². The maximum atomic E-state index is 11.8. The lowest BCUT2D eigenvalue weighted by Gasteiger charge is -2.25. The molecule has 0 bridgehead atoms. The highest BCUT2D eigenvalue weighted by Crippen LogP contribution is 2.20. The first kappa shape index (κ1) is 14.9. The smallest absolute Gasteiger partial charge is 0.219 e. The number of benzene rings is 1. The van der Waals surface area contributed by atoms with E-state index in [2.05, 4.69) is 11.9 Å². The maximum absolute atomic E-state index is 11.8. The van der Waals surface area contributed by atoms with Gasteiger partial charge in [-0.3, -0.25) is 4.79 Å². The molecule has 1 aromatic carbocycles. The molecule has 0 N–H and O–H groups in total. The Morgan fingerprint density at radius 2 is 1.90 bits per heavy atom. The molecule has 0 atom stereocenters. The highest BCUT2D eigenvalue weighted by atomic mass is 16.5. The maximum Gasteiger partial charge on any atom is 0.219 e. The molecule has 1 aromatic rings. The summed E-state index contributed by atoms with van der Waals surface area (Å²) in [7, 11) is 2.11. The fourth-order valence-electron chi connectivity index (χ4n) is 2.44. The van der Waals surface area contributed by atoms with Crippen LogP contribution in [0.1, 0.15) is 25.3 Å². The van der Waals surface area contributed by atoms with E-state index in [-0.39, 0.29) is 5.91 Å². The zero-order chi connectivity index (χ0) is 14.4. The minimum absolute atomic E-state index is 0.130. The van der Waals surface area contributed by atoms with Crippen molar-refractivity contribution in [2.75, 3.05) is 33.3 Å². The summed E-state index contributed by atoms with van der Waals surface area (Å²) in [6.45, 7) is 5.77. The average molecular weight is 276 g/mol. The first-order valence-electron chi connectivity index (χ1n) is 7.31. The van der Waals surface area contributed by atoms with Gasteiger partial charge in [0.15, 0.2) is 0 Å². The Morgan fingerprint density at radius 3 is 2.70 bits per heavy atom. The van der Waals surface area contributed by atoms with Crippen molar-refractivity contribution >= 4 is 5.91 Å². The van der Waals surface area contributed by atoms with E-state index in [4.69, 9.17) is 4.74 Å². The van der Waals surface area contributed by atoms with Gasteiger partial charge in [0, 0.05) is 32.1 Å². The van der Waals surface area contributed by atoms with E-state index in [0.29, 0.717) is 13.2 Å². The number of likely N-dealkylation sites (N-methyl/N-ethyl adjacent to an activating group) is 1. The Labute approximate surface area is 121 Å². The Balaban J connectivity index is 2.16. The first-order chi connectivity index (χ1) is 9.66. The largest absolute Gasteiger partial charge is 0.492 e. The Hall–Kier alpha value is -1.55. The average Bonchev–Trinajstić information content (AvgIpc) is 2.42. The number of amides is 1. The van der Waals surface area contributed by atoms with Gasteiger partial charge in [-0.25, -0.2) is 0 Å². The van der Waals surface area contributed by atoms with Crippen LogP contribution in [0.15, 0.2) is 24.3 Å². The van der Waals surface area contributed by atoms with Crippen LogP contribution in [0.2, 0.25) is 0 Å². The van der Waals surface area contributed by atoms with Gasteiger partial charge < -0.3 is 14.5 Å². The summed E-state index contributed by atoms with van der Waals surface area (Å²) in [6.07, 6.45) is 2.16. The van der Waals surface area contributed by atoms with Gasteiger partial charge in [0.1, 0.15) is 12.4 Å². The Morgan fingerprint density at radius 1 is 1.15 bits per heavy atom. The molecular formula is C16H24N2O2. The summed E-state index contributed by atoms with van der Waals surface area (Å²) in [6, 6.07) is 8.01. The molecule has 0 unspecified atom stereocenters. The fraction of sp³-hybridized carbons (Fsp3) is 0.562. The third-order valence-corrected chi connectivity index (χ3v) is 3.73. The van der Waals surface area contributed by atoms with Crippen molar-refractivity contribution in [1.29, 1.82) is 0 Å². The highest BCUT2D eigenvalue weighted by molar-refractivity contribution is 5.73. The lowest BCUT2D eigenvalue weighted by molar-refractivity contribution is -0.129. The molecule has 2 rings (SSSR count). The van der Waals surface area contributed by atoms with Crippen LogP contribution in [0.3, 0.4) is 0 Å². The second kappa shape index (κ2) is 7.29. The molecule has 1 aliphatic rings. The van der Waals surface area contributed by atoms with E-state index in [0.717, 1.165) is 43.8 Å². The van der Waals surface area contributed by atoms with Gasteiger partial charge in [-0.05, 0) is 32.5 Å². The summed E-state index contributed by atoms with van der Waals surface area (Å²) >= 11 is 0. The third kappa shape index (κ3) is 4.23. The summed E-state index contributed by atoms with van der Waals surface area (Å²) in [4.78, 5) is 16.0. The van der Waals surface area contributed by atoms with Crippen molar-refractivity contribution in [3.63, 3.8) is 0 Å². The van der Waals surface area contributed by atoms with E-state index < -0.39 is 0 Å². The molecule has 1 amide bonds. The molecule has 0 saturated carbocycles. The van der Waals surface area contributed by atoms with Crippen LogP contribution in [-0.4, -0.2) is 49.0 Å². The molecular weight excluding hydrogens is 252 g/mol. The first-order valence-corrected chi connectivity index (χ1v) is 7.31. The monoisotopic (exact) mass is 276 g/mol. The number of hydrogen-bond acceptors (Lipinski definition) is 3. The standard InChI is InChI=1S/C16H24N2O2/c1-14(19)18-10-6-5-9-17(2)11-12-20-16-8-4-3-7-15(16)13-18/h3-4,7-8H,5-6,9-13H2,1-2H3. The van der Waals surface area contributed by atoms with E-state index in [9.17, 15) is 4.79 Å². The fourth-order valence-corrected chi connectivity index (χ4v) is 2.44. The van der Waals surface area contributed by atoms with E-state index in [1.807, 2.05) is 29.2 Å². The molecule has 0 saturated heterocycles. The number of nitrogens with zero attached hydrogens (tertiary/aromatic N) is 2. The molecule has 4 nitrogen and oxygen atoms in total. The molecule has 4 heteroatoms. The number of carbonyl (C=O) groups is 1. The number of para-hydroxylation sites is 1. The van der Waals surface area contributed by atoms with Crippen LogP contribution in [0.4, 0.5) is 0 Å². The van der Waals surface area contributed by atoms with Crippen molar-refractivity contribution in [3.05, 3.63) is 29.8 Å². The third-order valence-electron chi connectivity index (χ3n) is 3.73. The number of fused-ring (bicyclic) bond motifs is 1. The molecule has 0 spiro atoms. The predicted octanol–water partition coefficient (Wildman–Crippen LogP) is 2.14. The topological polar surface area (TPSA) is 32.8 Å². The SMILES string of the molecule is CC(=O)N1CCCCN(C)CCOc2ccccc2C1. The van der Waals surface area contributed by atoms with Crippen molar-refractivity contribution in [1.82, 2.24) is 9.80 Å². The van der Waals surface area contributed by atoms with Gasteiger partial charge in [-0.15, -0.1) is 0 Å². The van der Waals surface area contributed by atoms with Gasteiger partial charge in [0.05, 0.1) is 0 Å². The molecule has 0 radical (unpaired) electrons. The lowest BCUT2D eigenvalue weighted by atomic mass is 10.1. The van der Waals surface area contributed by atoms with Gasteiger partial charge in [-0.2, -0.15) is 0 Å². The molecule has 110 valence electrons. The minimum atomic E-state index is 0.130. The molecule has 1 aliphatic heterocycles. The molecule has 0 aliphatic carbocycles. The summed E-state index contributed by atoms with van der Waals surface area (Å²) in [5.41, 5.74) is 1.09. The normalized spacial score (nSPS) is 18.4. The quantitative estimate of drug-likeness (QED) is 0.728. The second-order valence-corrected chi connectivity index (χ2v) is 5.41. The minimum Gasteiger partial charge on any atom is -0.492 e. The van der Waals surface area contributed by atoms with Crippen molar-refractivity contribution in [2.45, 2.75) is 26.3 Å². The van der Waals surface area contributed by atoms with Crippen LogP contribution in [0.25, 0.3) is 0 Å². The highest BCUT2D eigenvalue weighted by Gasteiger charge is 2.13.